The van der Waals surface area contributed by atoms with Crippen molar-refractivity contribution in [1.29, 1.82) is 0 Å². The van der Waals surface area contributed by atoms with Crippen molar-refractivity contribution in [2.45, 2.75) is 15.9 Å². The molecular formula is C11H16N2O6S2. The molecular weight excluding hydrogens is 320 g/mol. The summed E-state index contributed by atoms with van der Waals surface area (Å²) in [7, 11) is -1.09. The summed E-state index contributed by atoms with van der Waals surface area (Å²) < 4.78 is 24.9. The van der Waals surface area contributed by atoms with Gasteiger partial charge in [-0.2, -0.15) is 0 Å². The number of sulfonamides is 1. The molecule has 1 rings (SSSR count). The predicted molar refractivity (Wildman–Crippen MR) is 77.8 cm³/mol. The molecule has 0 saturated heterocycles. The second-order valence-electron chi connectivity index (χ2n) is 4.32. The summed E-state index contributed by atoms with van der Waals surface area (Å²) in [4.78, 5) is 10.4. The Morgan fingerprint density at radius 1 is 1.43 bits per heavy atom. The van der Waals surface area contributed by atoms with E-state index in [1.165, 1.54) is 26.2 Å². The van der Waals surface area contributed by atoms with Gasteiger partial charge in [-0.05, 0) is 12.1 Å². The average Bonchev–Trinajstić information content (AvgIpc) is 2.43. The van der Waals surface area contributed by atoms with Gasteiger partial charge in [0.05, 0.1) is 27.4 Å². The third-order valence-electron chi connectivity index (χ3n) is 2.55. The van der Waals surface area contributed by atoms with Gasteiger partial charge in [-0.25, -0.2) is 12.7 Å². The lowest BCUT2D eigenvalue weighted by atomic mass is 10.3. The Bertz CT molecular complexity index is 617. The topological polar surface area (TPSA) is 121 Å². The molecule has 118 valence electrons. The number of nitrogens with zero attached hydrogens (tertiary/aromatic N) is 2. The zero-order valence-corrected chi connectivity index (χ0v) is 13.1. The van der Waals surface area contributed by atoms with E-state index in [1.54, 1.807) is 0 Å². The lowest BCUT2D eigenvalue weighted by Crippen LogP contribution is -2.22. The molecule has 0 radical (unpaired) electrons. The van der Waals surface area contributed by atoms with Crippen LogP contribution in [0.1, 0.15) is 0 Å². The molecule has 0 aliphatic rings. The van der Waals surface area contributed by atoms with Gasteiger partial charge in [0.25, 0.3) is 5.69 Å². The van der Waals surface area contributed by atoms with E-state index in [-0.39, 0.29) is 21.2 Å². The Morgan fingerprint density at radius 3 is 2.52 bits per heavy atom. The maximum Gasteiger partial charge on any atom is 0.284 e. The van der Waals surface area contributed by atoms with Crippen LogP contribution in [0.4, 0.5) is 5.69 Å². The molecule has 0 spiro atoms. The lowest BCUT2D eigenvalue weighted by molar-refractivity contribution is -0.388. The summed E-state index contributed by atoms with van der Waals surface area (Å²) in [5, 5.41) is 29.0. The zero-order chi connectivity index (χ0) is 16.2. The van der Waals surface area contributed by atoms with Gasteiger partial charge in [-0.15, -0.1) is 11.8 Å². The van der Waals surface area contributed by atoms with Gasteiger partial charge in [0.2, 0.25) is 10.0 Å². The number of aliphatic hydroxyl groups is 2. The average molecular weight is 336 g/mol. The van der Waals surface area contributed by atoms with Gasteiger partial charge in [0.15, 0.2) is 0 Å². The number of nitro benzene ring substituents is 1. The van der Waals surface area contributed by atoms with Crippen LogP contribution >= 0.6 is 11.8 Å². The van der Waals surface area contributed by atoms with Crippen LogP contribution in [0.25, 0.3) is 0 Å². The molecule has 0 bridgehead atoms. The van der Waals surface area contributed by atoms with Crippen molar-refractivity contribution >= 4 is 27.5 Å². The fourth-order valence-corrected chi connectivity index (χ4v) is 3.22. The Hall–Kier alpha value is -1.20. The van der Waals surface area contributed by atoms with Crippen molar-refractivity contribution in [2.75, 3.05) is 26.5 Å². The molecule has 0 aliphatic carbocycles. The maximum atomic E-state index is 12.0. The molecule has 8 nitrogen and oxygen atoms in total. The Morgan fingerprint density at radius 2 is 2.05 bits per heavy atom. The number of nitro groups is 1. The van der Waals surface area contributed by atoms with Crippen molar-refractivity contribution in [1.82, 2.24) is 4.31 Å². The normalized spacial score (nSPS) is 13.4. The Labute approximate surface area is 126 Å². The summed E-state index contributed by atoms with van der Waals surface area (Å²) in [6.45, 7) is -0.451. The van der Waals surface area contributed by atoms with Crippen molar-refractivity contribution < 1.29 is 23.6 Å². The van der Waals surface area contributed by atoms with E-state index >= 15 is 0 Å². The molecule has 1 atom stereocenters. The van der Waals surface area contributed by atoms with Crippen LogP contribution in [0.5, 0.6) is 0 Å². The molecule has 0 amide bonds. The fraction of sp³-hybridized carbons (Fsp3) is 0.455. The molecule has 0 aliphatic heterocycles. The number of thioether (sulfide) groups is 1. The summed E-state index contributed by atoms with van der Waals surface area (Å²) in [5.74, 6) is 0.0666. The Kier molecular flexibility index (Phi) is 6.10. The van der Waals surface area contributed by atoms with Gasteiger partial charge in [-0.3, -0.25) is 10.1 Å². The quantitative estimate of drug-likeness (QED) is 0.417. The maximum absolute atomic E-state index is 12.0. The molecule has 0 fully saturated rings. The predicted octanol–water partition coefficient (Wildman–Crippen LogP) is 0.290. The van der Waals surface area contributed by atoms with Gasteiger partial charge >= 0.3 is 0 Å². The number of benzene rings is 1. The van der Waals surface area contributed by atoms with Crippen LogP contribution < -0.4 is 0 Å². The van der Waals surface area contributed by atoms with Gasteiger partial charge in [-0.1, -0.05) is 0 Å². The zero-order valence-electron chi connectivity index (χ0n) is 11.5. The van der Waals surface area contributed by atoms with Crippen molar-refractivity contribution in [3.63, 3.8) is 0 Å². The van der Waals surface area contributed by atoms with E-state index in [0.717, 1.165) is 22.1 Å². The van der Waals surface area contributed by atoms with Gasteiger partial charge < -0.3 is 10.2 Å². The molecule has 0 aromatic heterocycles. The van der Waals surface area contributed by atoms with Crippen LogP contribution in [-0.2, 0) is 10.0 Å². The standard InChI is InChI=1S/C11H16N2O6S2/c1-12(2)21(18,19)9-3-4-11(10(5-9)13(16)17)20-7-8(15)6-14/h3-5,8,14-15H,6-7H2,1-2H3. The third kappa shape index (κ3) is 4.38. The largest absolute Gasteiger partial charge is 0.394 e. The van der Waals surface area contributed by atoms with E-state index in [9.17, 15) is 23.6 Å². The first kappa shape index (κ1) is 17.9. The first-order valence-corrected chi connectivity index (χ1v) is 8.25. The monoisotopic (exact) mass is 336 g/mol. The first-order valence-electron chi connectivity index (χ1n) is 5.82. The highest BCUT2D eigenvalue weighted by atomic mass is 32.2. The summed E-state index contributed by atoms with van der Waals surface area (Å²) in [6, 6.07) is 3.59. The number of aliphatic hydroxyl groups excluding tert-OH is 2. The summed E-state index contributed by atoms with van der Waals surface area (Å²) in [6.07, 6.45) is -1.00. The minimum absolute atomic E-state index is 0.0666. The van der Waals surface area contributed by atoms with Crippen molar-refractivity contribution in [2.24, 2.45) is 0 Å². The van der Waals surface area contributed by atoms with E-state index in [4.69, 9.17) is 5.11 Å². The molecule has 0 heterocycles. The summed E-state index contributed by atoms with van der Waals surface area (Å²) in [5.41, 5.74) is -0.354. The number of hydrogen-bond donors (Lipinski definition) is 2. The highest BCUT2D eigenvalue weighted by Crippen LogP contribution is 2.32. The molecule has 1 aromatic carbocycles. The van der Waals surface area contributed by atoms with Crippen LogP contribution in [0.3, 0.4) is 0 Å². The molecule has 0 saturated carbocycles. The molecule has 2 N–H and O–H groups in total. The highest BCUT2D eigenvalue weighted by Gasteiger charge is 2.23. The van der Waals surface area contributed by atoms with Gasteiger partial charge in [0.1, 0.15) is 0 Å². The smallest absolute Gasteiger partial charge is 0.284 e. The van der Waals surface area contributed by atoms with E-state index in [2.05, 4.69) is 0 Å². The van der Waals surface area contributed by atoms with Gasteiger partial charge in [0, 0.05) is 25.9 Å². The fourth-order valence-electron chi connectivity index (χ4n) is 1.37. The molecule has 10 heteroatoms. The Balaban J connectivity index is 3.17. The minimum Gasteiger partial charge on any atom is -0.394 e. The lowest BCUT2D eigenvalue weighted by Gasteiger charge is -2.12. The van der Waals surface area contributed by atoms with Crippen molar-refractivity contribution in [3.8, 4) is 0 Å². The third-order valence-corrected chi connectivity index (χ3v) is 5.57. The molecule has 21 heavy (non-hydrogen) atoms. The minimum atomic E-state index is -3.76. The van der Waals surface area contributed by atoms with E-state index < -0.39 is 27.7 Å². The van der Waals surface area contributed by atoms with E-state index in [1.807, 2.05) is 0 Å². The summed E-state index contributed by atoms with van der Waals surface area (Å²) >= 11 is 0.976. The van der Waals surface area contributed by atoms with Crippen LogP contribution in [0, 0.1) is 10.1 Å². The second-order valence-corrected chi connectivity index (χ2v) is 7.54. The highest BCUT2D eigenvalue weighted by molar-refractivity contribution is 7.99. The molecule has 1 unspecified atom stereocenters. The number of rotatable bonds is 7. The van der Waals surface area contributed by atoms with Crippen LogP contribution in [-0.4, -0.2) is 60.4 Å². The SMILES string of the molecule is CN(C)S(=O)(=O)c1ccc(SCC(O)CO)c([N+](=O)[O-])c1. The molecule has 1 aromatic rings. The van der Waals surface area contributed by atoms with E-state index in [0.29, 0.717) is 0 Å². The van der Waals surface area contributed by atoms with Crippen molar-refractivity contribution in [3.05, 3.63) is 28.3 Å². The number of hydrogen-bond acceptors (Lipinski definition) is 7. The second kappa shape index (κ2) is 7.18. The van der Waals surface area contributed by atoms with Crippen LogP contribution in [0.2, 0.25) is 0 Å². The van der Waals surface area contributed by atoms with Crippen LogP contribution in [0.15, 0.2) is 28.0 Å². The first-order chi connectivity index (χ1) is 9.70.